The number of ketones is 1. The summed E-state index contributed by atoms with van der Waals surface area (Å²) in [4.78, 5) is 50.9. The van der Waals surface area contributed by atoms with Crippen molar-refractivity contribution in [1.29, 1.82) is 0 Å². The summed E-state index contributed by atoms with van der Waals surface area (Å²) in [5.74, 6) is 1.01. The SMILES string of the molecule is C=CC(=O)Nc1ccccc1CNc1ncc2c(n1)N(Cc1cccc(CC(=O)CC)c1)C(=O)N(c1c(Cl)c(OC)cc(OC)c1Cl)C2. The number of hydrogen-bond acceptors (Lipinski definition) is 8. The topological polar surface area (TPSA) is 126 Å². The van der Waals surface area contributed by atoms with E-state index in [-0.39, 0.29) is 64.5 Å². The Balaban J connectivity index is 1.54. The highest BCUT2D eigenvalue weighted by Crippen LogP contribution is 2.48. The quantitative estimate of drug-likeness (QED) is 0.141. The van der Waals surface area contributed by atoms with Gasteiger partial charge >= 0.3 is 6.03 Å². The molecule has 0 saturated heterocycles. The van der Waals surface area contributed by atoms with E-state index in [0.717, 1.165) is 16.7 Å². The van der Waals surface area contributed by atoms with E-state index in [1.165, 1.54) is 30.1 Å². The first kappa shape index (κ1) is 34.2. The second kappa shape index (κ2) is 15.2. The number of nitrogens with one attached hydrogen (secondary N) is 2. The zero-order valence-electron chi connectivity index (χ0n) is 26.7. The van der Waals surface area contributed by atoms with Crippen LogP contribution in [0.15, 0.2) is 73.4 Å². The minimum absolute atomic E-state index is 0.0577. The van der Waals surface area contributed by atoms with Gasteiger partial charge in [-0.3, -0.25) is 19.4 Å². The normalized spacial score (nSPS) is 12.3. The highest BCUT2D eigenvalue weighted by atomic mass is 35.5. The van der Waals surface area contributed by atoms with Crippen molar-refractivity contribution in [3.8, 4) is 11.5 Å². The lowest BCUT2D eigenvalue weighted by Gasteiger charge is -2.37. The fraction of sp³-hybridized carbons (Fsp3) is 0.229. The molecule has 0 saturated carbocycles. The van der Waals surface area contributed by atoms with Crippen LogP contribution in [0, 0.1) is 0 Å². The van der Waals surface area contributed by atoms with Crippen molar-refractivity contribution in [2.24, 2.45) is 0 Å². The Hall–Kier alpha value is -5.13. The predicted octanol–water partition coefficient (Wildman–Crippen LogP) is 7.21. The number of Topliss-reactive ketones (excluding diaryl/α,β-unsaturated/α-hetero) is 1. The lowest BCUT2D eigenvalue weighted by molar-refractivity contribution is -0.118. The van der Waals surface area contributed by atoms with Gasteiger partial charge in [0.1, 0.15) is 33.1 Å². The Kier molecular flexibility index (Phi) is 10.8. The van der Waals surface area contributed by atoms with E-state index in [1.807, 2.05) is 49.4 Å². The number of carbonyl (C=O) groups is 3. The average Bonchev–Trinajstić information content (AvgIpc) is 3.09. The standard InChI is InChI=1S/C35H34Cl2N6O5/c1-5-25(44)15-21-10-9-11-22(14-21)19-43-33-24(20-42(35(43)46)32-30(36)27(47-3)16-28(48-4)31(32)37)18-39-34(41-33)38-17-23-12-7-8-13-26(23)40-29(45)6-2/h6-14,16,18H,2,5,15,17,19-20H2,1,3-4H3,(H,40,45)(H,38,39,41). The molecule has 248 valence electrons. The number of amides is 3. The molecule has 2 N–H and O–H groups in total. The summed E-state index contributed by atoms with van der Waals surface area (Å²) in [5.41, 5.74) is 3.89. The molecule has 0 fully saturated rings. The molecular weight excluding hydrogens is 655 g/mol. The summed E-state index contributed by atoms with van der Waals surface area (Å²) >= 11 is 13.5. The molecule has 3 amide bonds. The van der Waals surface area contributed by atoms with Crippen LogP contribution < -0.4 is 29.9 Å². The van der Waals surface area contributed by atoms with Gasteiger partial charge in [-0.05, 0) is 28.8 Å². The zero-order valence-corrected chi connectivity index (χ0v) is 28.2. The number of nitrogens with zero attached hydrogens (tertiary/aromatic N) is 4. The molecule has 13 heteroatoms. The molecular formula is C35H34Cl2N6O5. The smallest absolute Gasteiger partial charge is 0.330 e. The lowest BCUT2D eigenvalue weighted by Crippen LogP contribution is -2.48. The van der Waals surface area contributed by atoms with Crippen LogP contribution >= 0.6 is 23.2 Å². The number of rotatable bonds is 13. The molecule has 1 aromatic heterocycles. The van der Waals surface area contributed by atoms with Gasteiger partial charge in [0.25, 0.3) is 0 Å². The molecule has 48 heavy (non-hydrogen) atoms. The number of anilines is 4. The highest BCUT2D eigenvalue weighted by Gasteiger charge is 2.37. The van der Waals surface area contributed by atoms with Crippen LogP contribution in [0.3, 0.4) is 0 Å². The van der Waals surface area contributed by atoms with E-state index in [2.05, 4.69) is 22.2 Å². The van der Waals surface area contributed by atoms with Crippen LogP contribution in [-0.2, 0) is 35.6 Å². The predicted molar refractivity (Wildman–Crippen MR) is 187 cm³/mol. The minimum Gasteiger partial charge on any atom is -0.495 e. The van der Waals surface area contributed by atoms with Crippen molar-refractivity contribution in [2.45, 2.75) is 39.4 Å². The first-order valence-electron chi connectivity index (χ1n) is 15.1. The Bertz CT molecular complexity index is 1860. The van der Waals surface area contributed by atoms with Gasteiger partial charge in [0.15, 0.2) is 0 Å². The summed E-state index contributed by atoms with van der Waals surface area (Å²) in [6, 6.07) is 16.0. The number of methoxy groups -OCH3 is 2. The molecule has 4 aromatic rings. The maximum atomic E-state index is 14.4. The Morgan fingerprint density at radius 3 is 2.42 bits per heavy atom. The van der Waals surface area contributed by atoms with Gasteiger partial charge in [-0.15, -0.1) is 0 Å². The van der Waals surface area contributed by atoms with Crippen LogP contribution in [0.2, 0.25) is 10.0 Å². The third-order valence-corrected chi connectivity index (χ3v) is 8.46. The maximum absolute atomic E-state index is 14.4. The van der Waals surface area contributed by atoms with E-state index in [9.17, 15) is 14.4 Å². The number of hydrogen-bond donors (Lipinski definition) is 2. The van der Waals surface area contributed by atoms with E-state index >= 15 is 0 Å². The molecule has 11 nitrogen and oxygen atoms in total. The lowest BCUT2D eigenvalue weighted by atomic mass is 10.0. The molecule has 1 aliphatic heterocycles. The van der Waals surface area contributed by atoms with Crippen LogP contribution in [0.5, 0.6) is 11.5 Å². The minimum atomic E-state index is -0.446. The number of urea groups is 1. The van der Waals surface area contributed by atoms with Crippen molar-refractivity contribution < 1.29 is 23.9 Å². The summed E-state index contributed by atoms with van der Waals surface area (Å²) in [7, 11) is 2.92. The van der Waals surface area contributed by atoms with Crippen LogP contribution in [0.4, 0.5) is 27.9 Å². The fourth-order valence-corrected chi connectivity index (χ4v) is 5.96. The maximum Gasteiger partial charge on any atom is 0.330 e. The van der Waals surface area contributed by atoms with Crippen molar-refractivity contribution in [3.63, 3.8) is 0 Å². The van der Waals surface area contributed by atoms with Gasteiger partial charge < -0.3 is 20.1 Å². The van der Waals surface area contributed by atoms with Gasteiger partial charge in [0.05, 0.1) is 33.0 Å². The molecule has 0 aliphatic carbocycles. The number of fused-ring (bicyclic) bond motifs is 1. The summed E-state index contributed by atoms with van der Waals surface area (Å²) in [6.07, 6.45) is 3.56. The van der Waals surface area contributed by atoms with Gasteiger partial charge in [-0.1, -0.05) is 79.2 Å². The number of halogens is 2. The average molecular weight is 690 g/mol. The molecule has 3 aromatic carbocycles. The van der Waals surface area contributed by atoms with Crippen LogP contribution in [0.25, 0.3) is 0 Å². The number of para-hydroxylation sites is 1. The van der Waals surface area contributed by atoms with Gasteiger partial charge in [-0.2, -0.15) is 4.98 Å². The Labute approximate surface area is 288 Å². The number of carbonyl (C=O) groups excluding carboxylic acids is 3. The Morgan fingerprint density at radius 1 is 1.02 bits per heavy atom. The van der Waals surface area contributed by atoms with Crippen molar-refractivity contribution >= 4 is 64.1 Å². The largest absolute Gasteiger partial charge is 0.495 e. The highest BCUT2D eigenvalue weighted by molar-refractivity contribution is 6.42. The van der Waals surface area contributed by atoms with Gasteiger partial charge in [0.2, 0.25) is 11.9 Å². The van der Waals surface area contributed by atoms with Crippen molar-refractivity contribution in [3.05, 3.63) is 106 Å². The molecule has 0 radical (unpaired) electrons. The van der Waals surface area contributed by atoms with Crippen molar-refractivity contribution in [1.82, 2.24) is 9.97 Å². The summed E-state index contributed by atoms with van der Waals surface area (Å²) in [5, 5.41) is 6.28. The number of aromatic nitrogens is 2. The molecule has 1 aliphatic rings. The zero-order chi connectivity index (χ0) is 34.4. The number of benzene rings is 3. The van der Waals surface area contributed by atoms with E-state index in [1.54, 1.807) is 18.3 Å². The fourth-order valence-electron chi connectivity index (χ4n) is 5.26. The first-order chi connectivity index (χ1) is 23.2. The molecule has 0 bridgehead atoms. The Morgan fingerprint density at radius 2 is 1.73 bits per heavy atom. The summed E-state index contributed by atoms with van der Waals surface area (Å²) < 4.78 is 10.9. The molecule has 5 rings (SSSR count). The van der Waals surface area contributed by atoms with E-state index in [4.69, 9.17) is 37.7 Å². The van der Waals surface area contributed by atoms with E-state index < -0.39 is 6.03 Å². The van der Waals surface area contributed by atoms with Crippen LogP contribution in [-0.4, -0.2) is 41.9 Å². The molecule has 2 heterocycles. The third kappa shape index (κ3) is 7.37. The van der Waals surface area contributed by atoms with Gasteiger partial charge in [0, 0.05) is 42.9 Å². The summed E-state index contributed by atoms with van der Waals surface area (Å²) in [6.45, 7) is 5.81. The van der Waals surface area contributed by atoms with Gasteiger partial charge in [-0.25, -0.2) is 9.78 Å². The van der Waals surface area contributed by atoms with Crippen molar-refractivity contribution in [2.75, 3.05) is 34.7 Å². The molecule has 0 spiro atoms. The monoisotopic (exact) mass is 688 g/mol. The number of ether oxygens (including phenoxy) is 2. The van der Waals surface area contributed by atoms with Crippen LogP contribution in [0.1, 0.15) is 35.6 Å². The second-order valence-corrected chi connectivity index (χ2v) is 11.6. The first-order valence-corrected chi connectivity index (χ1v) is 15.8. The molecule has 0 unspecified atom stereocenters. The third-order valence-electron chi connectivity index (χ3n) is 7.73. The van der Waals surface area contributed by atoms with E-state index in [0.29, 0.717) is 29.9 Å². The molecule has 0 atom stereocenters. The second-order valence-electron chi connectivity index (χ2n) is 10.8.